The Kier molecular flexibility index (Phi) is 6.30. The topological polar surface area (TPSA) is 93.7 Å². The predicted molar refractivity (Wildman–Crippen MR) is 106 cm³/mol. The molecule has 0 spiro atoms. The van der Waals surface area contributed by atoms with Gasteiger partial charge in [0.15, 0.2) is 6.61 Å². The third kappa shape index (κ3) is 4.82. The molecule has 7 nitrogen and oxygen atoms in total. The fraction of sp³-hybridized carbons (Fsp3) is 0.105. The SMILES string of the molecule is COc1ccc(C(=O)NNC(=O)COC(=O)c2sc3cc(F)ccc3c2Cl)cc1. The number of hydrazine groups is 1. The molecule has 1 aromatic heterocycles. The Morgan fingerprint density at radius 3 is 2.52 bits per heavy atom. The van der Waals surface area contributed by atoms with Gasteiger partial charge in [0, 0.05) is 15.6 Å². The van der Waals surface area contributed by atoms with Crippen molar-refractivity contribution in [3.63, 3.8) is 0 Å². The van der Waals surface area contributed by atoms with E-state index in [9.17, 15) is 18.8 Å². The van der Waals surface area contributed by atoms with Gasteiger partial charge in [-0.15, -0.1) is 11.3 Å². The van der Waals surface area contributed by atoms with Gasteiger partial charge in [-0.05, 0) is 42.5 Å². The first kappa shape index (κ1) is 20.6. The fourth-order valence-corrected chi connectivity index (χ4v) is 3.77. The molecule has 2 aromatic carbocycles. The monoisotopic (exact) mass is 436 g/mol. The molecule has 0 unspecified atom stereocenters. The Labute approximate surface area is 173 Å². The van der Waals surface area contributed by atoms with Crippen LogP contribution in [0.4, 0.5) is 4.39 Å². The molecule has 29 heavy (non-hydrogen) atoms. The van der Waals surface area contributed by atoms with Gasteiger partial charge in [-0.25, -0.2) is 9.18 Å². The molecular formula is C19H14ClFN2O5S. The third-order valence-electron chi connectivity index (χ3n) is 3.78. The summed E-state index contributed by atoms with van der Waals surface area (Å²) in [5.74, 6) is -2.00. The normalized spacial score (nSPS) is 10.4. The van der Waals surface area contributed by atoms with E-state index in [0.717, 1.165) is 11.3 Å². The Bertz CT molecular complexity index is 1080. The lowest BCUT2D eigenvalue weighted by molar-refractivity contribution is -0.125. The van der Waals surface area contributed by atoms with Gasteiger partial charge in [-0.1, -0.05) is 11.6 Å². The molecule has 3 aromatic rings. The number of ether oxygens (including phenoxy) is 2. The maximum Gasteiger partial charge on any atom is 0.350 e. The number of rotatable bonds is 5. The van der Waals surface area contributed by atoms with E-state index in [1.165, 1.54) is 37.4 Å². The summed E-state index contributed by atoms with van der Waals surface area (Å²) in [4.78, 5) is 36.0. The number of esters is 1. The quantitative estimate of drug-likeness (QED) is 0.472. The summed E-state index contributed by atoms with van der Waals surface area (Å²) in [6.07, 6.45) is 0. The van der Waals surface area contributed by atoms with E-state index < -0.39 is 30.2 Å². The van der Waals surface area contributed by atoms with Gasteiger partial charge in [0.25, 0.3) is 11.8 Å². The van der Waals surface area contributed by atoms with Crippen molar-refractivity contribution in [3.8, 4) is 5.75 Å². The second-order valence-corrected chi connectivity index (χ2v) is 7.12. The van der Waals surface area contributed by atoms with E-state index in [-0.39, 0.29) is 9.90 Å². The summed E-state index contributed by atoms with van der Waals surface area (Å²) in [5.41, 5.74) is 4.64. The molecule has 3 rings (SSSR count). The van der Waals surface area contributed by atoms with Crippen LogP contribution >= 0.6 is 22.9 Å². The number of nitrogens with one attached hydrogen (secondary N) is 2. The Morgan fingerprint density at radius 1 is 1.10 bits per heavy atom. The third-order valence-corrected chi connectivity index (χ3v) is 5.42. The molecule has 0 saturated carbocycles. The average molecular weight is 437 g/mol. The minimum atomic E-state index is -0.826. The van der Waals surface area contributed by atoms with Crippen molar-refractivity contribution in [1.82, 2.24) is 10.9 Å². The average Bonchev–Trinajstić information content (AvgIpc) is 3.05. The summed E-state index contributed by atoms with van der Waals surface area (Å²) in [7, 11) is 1.50. The van der Waals surface area contributed by atoms with Gasteiger partial charge >= 0.3 is 5.97 Å². The van der Waals surface area contributed by atoms with E-state index in [0.29, 0.717) is 21.4 Å². The van der Waals surface area contributed by atoms with Gasteiger partial charge in [-0.2, -0.15) is 0 Å². The van der Waals surface area contributed by atoms with E-state index in [1.807, 2.05) is 0 Å². The summed E-state index contributed by atoms with van der Waals surface area (Å²) < 4.78 is 23.7. The molecule has 0 fully saturated rings. The number of carbonyl (C=O) groups is 3. The van der Waals surface area contributed by atoms with Crippen LogP contribution in [0.3, 0.4) is 0 Å². The highest BCUT2D eigenvalue weighted by Gasteiger charge is 2.20. The van der Waals surface area contributed by atoms with Gasteiger partial charge in [-0.3, -0.25) is 20.4 Å². The predicted octanol–water partition coefficient (Wildman–Crippen LogP) is 3.32. The highest BCUT2D eigenvalue weighted by Crippen LogP contribution is 2.36. The van der Waals surface area contributed by atoms with Crippen molar-refractivity contribution in [3.05, 3.63) is 63.7 Å². The lowest BCUT2D eigenvalue weighted by atomic mass is 10.2. The highest BCUT2D eigenvalue weighted by atomic mass is 35.5. The first-order valence-electron chi connectivity index (χ1n) is 8.17. The van der Waals surface area contributed by atoms with Crippen LogP contribution in [0.15, 0.2) is 42.5 Å². The van der Waals surface area contributed by atoms with Crippen LogP contribution in [0.25, 0.3) is 10.1 Å². The number of methoxy groups -OCH3 is 1. The number of halogens is 2. The number of carbonyl (C=O) groups excluding carboxylic acids is 3. The molecule has 2 amide bonds. The molecule has 2 N–H and O–H groups in total. The number of thiophene rings is 1. The molecule has 0 bridgehead atoms. The summed E-state index contributed by atoms with van der Waals surface area (Å²) in [6, 6.07) is 10.2. The molecular weight excluding hydrogens is 423 g/mol. The van der Waals surface area contributed by atoms with E-state index in [1.54, 1.807) is 12.1 Å². The number of benzene rings is 2. The molecule has 0 saturated heterocycles. The standard InChI is InChI=1S/C19H14ClFN2O5S/c1-27-12-5-2-10(3-6-12)18(25)23-22-15(24)9-28-19(26)17-16(20)13-7-4-11(21)8-14(13)29-17/h2-8H,9H2,1H3,(H,22,24)(H,23,25). The van der Waals surface area contributed by atoms with Crippen molar-refractivity contribution in [2.24, 2.45) is 0 Å². The summed E-state index contributed by atoms with van der Waals surface area (Å²) in [5, 5.41) is 0.643. The zero-order valence-electron chi connectivity index (χ0n) is 15.0. The first-order valence-corrected chi connectivity index (χ1v) is 9.36. The molecule has 150 valence electrons. The molecule has 0 radical (unpaired) electrons. The molecule has 0 aliphatic carbocycles. The molecule has 10 heteroatoms. The number of fused-ring (bicyclic) bond motifs is 1. The van der Waals surface area contributed by atoms with Crippen molar-refractivity contribution >= 4 is 50.8 Å². The van der Waals surface area contributed by atoms with Crippen LogP contribution in [0.1, 0.15) is 20.0 Å². The van der Waals surface area contributed by atoms with Gasteiger partial charge < -0.3 is 9.47 Å². The van der Waals surface area contributed by atoms with Crippen LogP contribution in [0.2, 0.25) is 5.02 Å². The molecule has 0 aliphatic rings. The zero-order chi connectivity index (χ0) is 21.0. The minimum absolute atomic E-state index is 0.0577. The van der Waals surface area contributed by atoms with E-state index >= 15 is 0 Å². The van der Waals surface area contributed by atoms with Crippen LogP contribution in [-0.2, 0) is 9.53 Å². The Balaban J connectivity index is 1.53. The fourth-order valence-electron chi connectivity index (χ4n) is 2.34. The van der Waals surface area contributed by atoms with Crippen LogP contribution in [0.5, 0.6) is 5.75 Å². The lowest BCUT2D eigenvalue weighted by Crippen LogP contribution is -2.43. The maximum atomic E-state index is 13.3. The first-order chi connectivity index (χ1) is 13.9. The number of amides is 2. The smallest absolute Gasteiger partial charge is 0.350 e. The van der Waals surface area contributed by atoms with Crippen molar-refractivity contribution in [1.29, 1.82) is 0 Å². The second-order valence-electron chi connectivity index (χ2n) is 5.69. The molecule has 0 atom stereocenters. The van der Waals surface area contributed by atoms with Crippen molar-refractivity contribution < 1.29 is 28.2 Å². The zero-order valence-corrected chi connectivity index (χ0v) is 16.5. The van der Waals surface area contributed by atoms with E-state index in [4.69, 9.17) is 21.1 Å². The Hall–Kier alpha value is -3.17. The minimum Gasteiger partial charge on any atom is -0.497 e. The Morgan fingerprint density at radius 2 is 1.83 bits per heavy atom. The van der Waals surface area contributed by atoms with E-state index in [2.05, 4.69) is 10.9 Å². The summed E-state index contributed by atoms with van der Waals surface area (Å²) in [6.45, 7) is -0.638. The van der Waals surface area contributed by atoms with Gasteiger partial charge in [0.2, 0.25) is 0 Å². The van der Waals surface area contributed by atoms with Crippen LogP contribution < -0.4 is 15.6 Å². The summed E-state index contributed by atoms with van der Waals surface area (Å²) >= 11 is 7.09. The lowest BCUT2D eigenvalue weighted by Gasteiger charge is -2.08. The number of hydrogen-bond acceptors (Lipinski definition) is 6. The molecule has 1 heterocycles. The van der Waals surface area contributed by atoms with Crippen LogP contribution in [-0.4, -0.2) is 31.5 Å². The number of hydrogen-bond donors (Lipinski definition) is 2. The van der Waals surface area contributed by atoms with Crippen molar-refractivity contribution in [2.75, 3.05) is 13.7 Å². The second kappa shape index (κ2) is 8.89. The van der Waals surface area contributed by atoms with Gasteiger partial charge in [0.05, 0.1) is 12.1 Å². The van der Waals surface area contributed by atoms with Crippen LogP contribution in [0, 0.1) is 5.82 Å². The van der Waals surface area contributed by atoms with Gasteiger partial charge in [0.1, 0.15) is 16.4 Å². The maximum absolute atomic E-state index is 13.3. The highest BCUT2D eigenvalue weighted by molar-refractivity contribution is 7.21. The largest absolute Gasteiger partial charge is 0.497 e. The van der Waals surface area contributed by atoms with Crippen molar-refractivity contribution in [2.45, 2.75) is 0 Å². The molecule has 0 aliphatic heterocycles.